The van der Waals surface area contributed by atoms with Crippen LogP contribution in [0.1, 0.15) is 40.0 Å². The predicted molar refractivity (Wildman–Crippen MR) is 191 cm³/mol. The van der Waals surface area contributed by atoms with Crippen molar-refractivity contribution in [1.82, 2.24) is 4.90 Å². The molecule has 47 heavy (non-hydrogen) atoms. The van der Waals surface area contributed by atoms with Crippen molar-refractivity contribution in [1.29, 1.82) is 0 Å². The van der Waals surface area contributed by atoms with Crippen LogP contribution in [0, 0.1) is 17.8 Å². The van der Waals surface area contributed by atoms with Crippen LogP contribution in [0.25, 0.3) is 10.8 Å². The molecule has 6 rings (SSSR count). The number of benzene rings is 3. The van der Waals surface area contributed by atoms with Crippen LogP contribution in [0.2, 0.25) is 0 Å². The van der Waals surface area contributed by atoms with E-state index in [1.54, 1.807) is 38.6 Å². The Balaban J connectivity index is 1.48. The zero-order valence-corrected chi connectivity index (χ0v) is 28.4. The van der Waals surface area contributed by atoms with Crippen molar-refractivity contribution in [2.75, 3.05) is 29.5 Å². The van der Waals surface area contributed by atoms with Gasteiger partial charge in [0.05, 0.1) is 29.2 Å². The summed E-state index contributed by atoms with van der Waals surface area (Å²) in [6, 6.07) is 22.1. The first-order valence-electron chi connectivity index (χ1n) is 16.7. The molecule has 7 atom stereocenters. The Bertz CT molecular complexity index is 1700. The molecule has 3 aromatic carbocycles. The standard InChI is InChI=1S/C39H45N3O4S/c1-6-22-40(29-16-10-9-11-17-29)35(44)32-33-36(45)42(31(25-43)26(4)8-3)34(39(33)21-20-38(32,5)47-39)37(46)41(23-7-2)30-19-18-27-14-12-13-15-28(27)24-30/h6-7,9-19,24,26,31-34,43H,1-2,8,20-23,25H2,3-5H3/t26-,31-,32+,33-,34?,38-,39?/m0/s1. The highest BCUT2D eigenvalue weighted by molar-refractivity contribution is 8.02. The Morgan fingerprint density at radius 2 is 1.60 bits per heavy atom. The molecule has 2 bridgehead atoms. The average molecular weight is 652 g/mol. The first kappa shape index (κ1) is 33.0. The Labute approximate surface area is 282 Å². The van der Waals surface area contributed by atoms with Gasteiger partial charge in [-0.2, -0.15) is 0 Å². The number of anilines is 2. The van der Waals surface area contributed by atoms with Crippen molar-refractivity contribution >= 4 is 51.6 Å². The van der Waals surface area contributed by atoms with Gasteiger partial charge in [-0.05, 0) is 60.7 Å². The number of carbonyl (C=O) groups is 3. The second-order valence-corrected chi connectivity index (χ2v) is 15.3. The number of likely N-dealkylation sites (tertiary alicyclic amines) is 1. The van der Waals surface area contributed by atoms with E-state index in [4.69, 9.17) is 0 Å². The highest BCUT2D eigenvalue weighted by atomic mass is 32.2. The molecule has 2 unspecified atom stereocenters. The van der Waals surface area contributed by atoms with Gasteiger partial charge in [0.25, 0.3) is 5.91 Å². The number of fused-ring (bicyclic) bond motifs is 2. The predicted octanol–water partition coefficient (Wildman–Crippen LogP) is 6.47. The number of hydrogen-bond donors (Lipinski definition) is 1. The molecule has 3 aliphatic heterocycles. The average Bonchev–Trinajstić information content (AvgIpc) is 3.66. The van der Waals surface area contributed by atoms with E-state index >= 15 is 4.79 Å². The third-order valence-electron chi connectivity index (χ3n) is 10.8. The van der Waals surface area contributed by atoms with Gasteiger partial charge in [0.2, 0.25) is 11.8 Å². The molecule has 0 aliphatic carbocycles. The maximum atomic E-state index is 15.2. The van der Waals surface area contributed by atoms with Gasteiger partial charge in [-0.25, -0.2) is 0 Å². The second kappa shape index (κ2) is 13.0. The van der Waals surface area contributed by atoms with E-state index in [0.717, 1.165) is 28.6 Å². The van der Waals surface area contributed by atoms with Gasteiger partial charge < -0.3 is 19.8 Å². The van der Waals surface area contributed by atoms with Gasteiger partial charge in [-0.15, -0.1) is 24.9 Å². The summed E-state index contributed by atoms with van der Waals surface area (Å²) in [5.74, 6) is -1.94. The first-order valence-corrected chi connectivity index (χ1v) is 17.5. The molecule has 0 saturated carbocycles. The van der Waals surface area contributed by atoms with Crippen LogP contribution in [0.4, 0.5) is 11.4 Å². The molecule has 3 heterocycles. The molecule has 0 aromatic heterocycles. The van der Waals surface area contributed by atoms with Crippen LogP contribution in [0.15, 0.2) is 98.1 Å². The highest BCUT2D eigenvalue weighted by Crippen LogP contribution is 2.72. The van der Waals surface area contributed by atoms with Gasteiger partial charge in [-0.1, -0.05) is 81.0 Å². The molecule has 3 aromatic rings. The normalized spacial score (nSPS) is 27.4. The number of carbonyl (C=O) groups excluding carboxylic acids is 3. The number of hydrogen-bond acceptors (Lipinski definition) is 5. The molecular formula is C39H45N3O4S. The molecule has 1 N–H and O–H groups in total. The molecule has 8 heteroatoms. The van der Waals surface area contributed by atoms with E-state index in [2.05, 4.69) is 20.1 Å². The molecule has 3 aliphatic rings. The maximum absolute atomic E-state index is 15.2. The lowest BCUT2D eigenvalue weighted by atomic mass is 9.66. The monoisotopic (exact) mass is 651 g/mol. The van der Waals surface area contributed by atoms with Crippen LogP contribution in [0.3, 0.4) is 0 Å². The number of thioether (sulfide) groups is 1. The number of para-hydroxylation sites is 1. The van der Waals surface area contributed by atoms with Crippen molar-refractivity contribution in [2.45, 2.75) is 61.6 Å². The molecule has 1 spiro atoms. The topological polar surface area (TPSA) is 81.2 Å². The minimum atomic E-state index is -0.855. The van der Waals surface area contributed by atoms with Crippen LogP contribution in [0.5, 0.6) is 0 Å². The molecular weight excluding hydrogens is 607 g/mol. The Hall–Kier alpha value is -3.88. The summed E-state index contributed by atoms with van der Waals surface area (Å²) in [4.78, 5) is 50.1. The van der Waals surface area contributed by atoms with E-state index in [0.29, 0.717) is 19.4 Å². The molecule has 3 fully saturated rings. The zero-order chi connectivity index (χ0) is 33.5. The van der Waals surface area contributed by atoms with Crippen molar-refractivity contribution in [2.24, 2.45) is 17.8 Å². The maximum Gasteiger partial charge on any atom is 0.251 e. The zero-order valence-electron chi connectivity index (χ0n) is 27.5. The third-order valence-corrected chi connectivity index (χ3v) is 12.8. The van der Waals surface area contributed by atoms with Crippen molar-refractivity contribution < 1.29 is 19.5 Å². The number of rotatable bonds is 12. The third kappa shape index (κ3) is 5.30. The number of aliphatic hydroxyl groups is 1. The lowest BCUT2D eigenvalue weighted by molar-refractivity contribution is -0.143. The first-order chi connectivity index (χ1) is 22.7. The fraction of sp³-hybridized carbons (Fsp3) is 0.410. The van der Waals surface area contributed by atoms with Gasteiger partial charge in [0.15, 0.2) is 0 Å². The Kier molecular flexibility index (Phi) is 9.11. The van der Waals surface area contributed by atoms with Crippen LogP contribution < -0.4 is 9.80 Å². The molecule has 3 saturated heterocycles. The molecule has 0 radical (unpaired) electrons. The fourth-order valence-corrected chi connectivity index (χ4v) is 10.7. The van der Waals surface area contributed by atoms with E-state index in [1.807, 2.05) is 86.6 Å². The highest BCUT2D eigenvalue weighted by Gasteiger charge is 2.78. The summed E-state index contributed by atoms with van der Waals surface area (Å²) in [5.41, 5.74) is 1.47. The summed E-state index contributed by atoms with van der Waals surface area (Å²) in [6.45, 7) is 14.3. The summed E-state index contributed by atoms with van der Waals surface area (Å²) >= 11 is 1.65. The van der Waals surface area contributed by atoms with Gasteiger partial charge in [-0.3, -0.25) is 14.4 Å². The van der Waals surface area contributed by atoms with Gasteiger partial charge >= 0.3 is 0 Å². The van der Waals surface area contributed by atoms with E-state index < -0.39 is 33.4 Å². The largest absolute Gasteiger partial charge is 0.394 e. The fourth-order valence-electron chi connectivity index (χ4n) is 8.36. The smallest absolute Gasteiger partial charge is 0.251 e. The summed E-state index contributed by atoms with van der Waals surface area (Å²) in [5, 5.41) is 12.9. The van der Waals surface area contributed by atoms with Crippen LogP contribution in [-0.4, -0.2) is 69.0 Å². The van der Waals surface area contributed by atoms with Crippen LogP contribution in [-0.2, 0) is 14.4 Å². The van der Waals surface area contributed by atoms with Gasteiger partial charge in [0.1, 0.15) is 6.04 Å². The van der Waals surface area contributed by atoms with Crippen LogP contribution >= 0.6 is 11.8 Å². The Morgan fingerprint density at radius 1 is 0.957 bits per heavy atom. The van der Waals surface area contributed by atoms with Crippen molar-refractivity contribution in [3.63, 3.8) is 0 Å². The SMILES string of the molecule is C=CCN(C(=O)C1N([C@@H](CO)[C@@H](C)CC)C(=O)[C@@H]2[C@H](C(=O)N(CC=C)c3ccccc3)[C@]3(C)CCC12S3)c1ccc2ccccc2c1. The van der Waals surface area contributed by atoms with E-state index in [9.17, 15) is 14.7 Å². The summed E-state index contributed by atoms with van der Waals surface area (Å²) in [6.07, 6.45) is 5.48. The molecule has 246 valence electrons. The van der Waals surface area contributed by atoms with E-state index in [-0.39, 0.29) is 36.8 Å². The quantitative estimate of drug-likeness (QED) is 0.227. The van der Waals surface area contributed by atoms with Crippen molar-refractivity contribution in [3.05, 3.63) is 98.1 Å². The van der Waals surface area contributed by atoms with Crippen molar-refractivity contribution in [3.8, 4) is 0 Å². The minimum Gasteiger partial charge on any atom is -0.394 e. The molecule has 7 nitrogen and oxygen atoms in total. The lowest BCUT2D eigenvalue weighted by Gasteiger charge is -2.41. The Morgan fingerprint density at radius 3 is 2.23 bits per heavy atom. The second-order valence-electron chi connectivity index (χ2n) is 13.5. The number of amides is 3. The molecule has 3 amide bonds. The summed E-state index contributed by atoms with van der Waals surface area (Å²) in [7, 11) is 0. The minimum absolute atomic E-state index is 0.0588. The number of nitrogens with zero attached hydrogens (tertiary/aromatic N) is 3. The van der Waals surface area contributed by atoms with E-state index in [1.165, 1.54) is 0 Å². The number of aliphatic hydroxyl groups excluding tert-OH is 1. The summed E-state index contributed by atoms with van der Waals surface area (Å²) < 4.78 is -1.36. The van der Waals surface area contributed by atoms with Gasteiger partial charge in [0, 0.05) is 29.2 Å². The lowest BCUT2D eigenvalue weighted by Crippen LogP contribution is -2.58.